The van der Waals surface area contributed by atoms with Crippen molar-refractivity contribution in [1.29, 1.82) is 0 Å². The van der Waals surface area contributed by atoms with Crippen LogP contribution in [0.15, 0.2) is 48.5 Å². The van der Waals surface area contributed by atoms with E-state index >= 15 is 0 Å². The van der Waals surface area contributed by atoms with Crippen LogP contribution in [-0.2, 0) is 19.2 Å². The molecule has 0 radical (unpaired) electrons. The number of piperazine rings is 1. The van der Waals surface area contributed by atoms with Gasteiger partial charge in [-0.1, -0.05) is 24.3 Å². The molecular formula is C24H28N4O6. The molecule has 4 amide bonds. The number of nitrogens with one attached hydrogen (secondary N) is 2. The molecule has 2 aromatic rings. The number of ether oxygens (including phenoxy) is 2. The van der Waals surface area contributed by atoms with Crippen molar-refractivity contribution in [2.45, 2.75) is 13.8 Å². The molecule has 0 unspecified atom stereocenters. The summed E-state index contributed by atoms with van der Waals surface area (Å²) in [4.78, 5) is 51.1. The second-order valence-corrected chi connectivity index (χ2v) is 7.69. The van der Waals surface area contributed by atoms with Gasteiger partial charge in [-0.05, 0) is 24.3 Å². The summed E-state index contributed by atoms with van der Waals surface area (Å²) in [6.07, 6.45) is 0. The molecule has 0 aromatic heterocycles. The first-order valence-electron chi connectivity index (χ1n) is 10.9. The topological polar surface area (TPSA) is 117 Å². The van der Waals surface area contributed by atoms with E-state index < -0.39 is 0 Å². The SMILES string of the molecule is CC(=O)Nc1ccccc1OCC(=O)N1CCN(C(=O)COc2ccccc2NC(C)=O)CC1. The highest BCUT2D eigenvalue weighted by Gasteiger charge is 2.25. The lowest BCUT2D eigenvalue weighted by molar-refractivity contribution is -0.141. The van der Waals surface area contributed by atoms with Gasteiger partial charge in [0.05, 0.1) is 11.4 Å². The Morgan fingerprint density at radius 3 is 1.38 bits per heavy atom. The minimum absolute atomic E-state index is 0.173. The summed E-state index contributed by atoms with van der Waals surface area (Å²) in [7, 11) is 0. The number of benzene rings is 2. The average Bonchev–Trinajstić information content (AvgIpc) is 2.82. The van der Waals surface area contributed by atoms with Crippen LogP contribution in [0.4, 0.5) is 11.4 Å². The normalized spacial score (nSPS) is 13.1. The van der Waals surface area contributed by atoms with Gasteiger partial charge >= 0.3 is 0 Å². The van der Waals surface area contributed by atoms with Gasteiger partial charge in [-0.25, -0.2) is 0 Å². The molecule has 10 nitrogen and oxygen atoms in total. The van der Waals surface area contributed by atoms with Gasteiger partial charge in [0.15, 0.2) is 13.2 Å². The quantitative estimate of drug-likeness (QED) is 0.609. The fraction of sp³-hybridized carbons (Fsp3) is 0.333. The Morgan fingerprint density at radius 2 is 1.03 bits per heavy atom. The van der Waals surface area contributed by atoms with Crippen molar-refractivity contribution in [2.24, 2.45) is 0 Å². The molecule has 2 N–H and O–H groups in total. The predicted molar refractivity (Wildman–Crippen MR) is 126 cm³/mol. The van der Waals surface area contributed by atoms with Crippen molar-refractivity contribution in [3.63, 3.8) is 0 Å². The monoisotopic (exact) mass is 468 g/mol. The van der Waals surface area contributed by atoms with Crippen molar-refractivity contribution in [3.8, 4) is 11.5 Å². The minimum Gasteiger partial charge on any atom is -0.482 e. The maximum Gasteiger partial charge on any atom is 0.260 e. The second kappa shape index (κ2) is 11.7. The maximum atomic E-state index is 12.6. The Kier molecular flexibility index (Phi) is 8.44. The molecule has 10 heteroatoms. The molecule has 1 saturated heterocycles. The first kappa shape index (κ1) is 24.6. The molecule has 0 saturated carbocycles. The van der Waals surface area contributed by atoms with Gasteiger partial charge in [0.2, 0.25) is 11.8 Å². The van der Waals surface area contributed by atoms with Gasteiger partial charge in [-0.15, -0.1) is 0 Å². The summed E-state index contributed by atoms with van der Waals surface area (Å²) < 4.78 is 11.2. The van der Waals surface area contributed by atoms with E-state index in [1.807, 2.05) is 0 Å². The Morgan fingerprint density at radius 1 is 0.676 bits per heavy atom. The summed E-state index contributed by atoms with van der Waals surface area (Å²) in [5.74, 6) is -0.0416. The third-order valence-electron chi connectivity index (χ3n) is 5.08. The van der Waals surface area contributed by atoms with Crippen LogP contribution in [0, 0.1) is 0 Å². The van der Waals surface area contributed by atoms with E-state index in [1.54, 1.807) is 58.3 Å². The van der Waals surface area contributed by atoms with E-state index in [2.05, 4.69) is 10.6 Å². The first-order chi connectivity index (χ1) is 16.3. The smallest absolute Gasteiger partial charge is 0.260 e. The number of para-hydroxylation sites is 4. The molecule has 0 spiro atoms. The van der Waals surface area contributed by atoms with Crippen LogP contribution in [-0.4, -0.2) is 72.8 Å². The maximum absolute atomic E-state index is 12.6. The van der Waals surface area contributed by atoms with E-state index in [9.17, 15) is 19.2 Å². The lowest BCUT2D eigenvalue weighted by Gasteiger charge is -2.34. The fourth-order valence-corrected chi connectivity index (χ4v) is 3.44. The molecular weight excluding hydrogens is 440 g/mol. The number of nitrogens with zero attached hydrogens (tertiary/aromatic N) is 2. The molecule has 34 heavy (non-hydrogen) atoms. The van der Waals surface area contributed by atoms with Crippen LogP contribution in [0.1, 0.15) is 13.8 Å². The standard InChI is InChI=1S/C24H28N4O6/c1-17(29)25-19-7-3-5-9-21(19)33-15-23(31)27-11-13-28(14-12-27)24(32)16-34-22-10-6-4-8-20(22)26-18(2)30/h3-10H,11-16H2,1-2H3,(H,25,29)(H,26,30). The number of amides is 4. The van der Waals surface area contributed by atoms with Crippen LogP contribution in [0.25, 0.3) is 0 Å². The lowest BCUT2D eigenvalue weighted by Crippen LogP contribution is -2.52. The van der Waals surface area contributed by atoms with Gasteiger partial charge in [-0.2, -0.15) is 0 Å². The highest BCUT2D eigenvalue weighted by molar-refractivity contribution is 5.91. The molecule has 180 valence electrons. The number of carbonyl (C=O) groups is 4. The molecule has 1 fully saturated rings. The summed E-state index contributed by atoms with van der Waals surface area (Å²) in [6, 6.07) is 13.8. The zero-order chi connectivity index (χ0) is 24.5. The van der Waals surface area contributed by atoms with E-state index in [1.165, 1.54) is 13.8 Å². The number of hydrogen-bond acceptors (Lipinski definition) is 6. The molecule has 1 aliphatic rings. The van der Waals surface area contributed by atoms with Crippen LogP contribution in [0.5, 0.6) is 11.5 Å². The Bertz CT molecular complexity index is 966. The summed E-state index contributed by atoms with van der Waals surface area (Å²) in [5.41, 5.74) is 0.997. The zero-order valence-electron chi connectivity index (χ0n) is 19.2. The Labute approximate surface area is 197 Å². The van der Waals surface area contributed by atoms with Crippen molar-refractivity contribution >= 4 is 35.0 Å². The molecule has 3 rings (SSSR count). The average molecular weight is 469 g/mol. The summed E-state index contributed by atoms with van der Waals surface area (Å²) >= 11 is 0. The highest BCUT2D eigenvalue weighted by Crippen LogP contribution is 2.24. The van der Waals surface area contributed by atoms with Crippen LogP contribution < -0.4 is 20.1 Å². The van der Waals surface area contributed by atoms with Gasteiger partial charge in [0, 0.05) is 40.0 Å². The molecule has 0 aliphatic carbocycles. The summed E-state index contributed by atoms with van der Waals surface area (Å²) in [6.45, 7) is 3.97. The molecule has 0 atom stereocenters. The van der Waals surface area contributed by atoms with Crippen molar-refractivity contribution in [2.75, 3.05) is 50.0 Å². The van der Waals surface area contributed by atoms with E-state index in [0.717, 1.165) is 0 Å². The summed E-state index contributed by atoms with van der Waals surface area (Å²) in [5, 5.41) is 5.33. The first-order valence-corrected chi connectivity index (χ1v) is 10.9. The van der Waals surface area contributed by atoms with Gasteiger partial charge in [0.25, 0.3) is 11.8 Å². The second-order valence-electron chi connectivity index (χ2n) is 7.69. The third kappa shape index (κ3) is 6.96. The van der Waals surface area contributed by atoms with Gasteiger partial charge in [0.1, 0.15) is 11.5 Å². The van der Waals surface area contributed by atoms with Gasteiger partial charge in [-0.3, -0.25) is 19.2 Å². The van der Waals surface area contributed by atoms with E-state index in [0.29, 0.717) is 49.1 Å². The van der Waals surface area contributed by atoms with Crippen LogP contribution >= 0.6 is 0 Å². The van der Waals surface area contributed by atoms with Crippen LogP contribution in [0.2, 0.25) is 0 Å². The number of hydrogen-bond donors (Lipinski definition) is 2. The largest absolute Gasteiger partial charge is 0.482 e. The highest BCUT2D eigenvalue weighted by atomic mass is 16.5. The van der Waals surface area contributed by atoms with Gasteiger partial charge < -0.3 is 29.9 Å². The minimum atomic E-state index is -0.231. The van der Waals surface area contributed by atoms with Crippen molar-refractivity contribution in [3.05, 3.63) is 48.5 Å². The molecule has 1 heterocycles. The molecule has 2 aromatic carbocycles. The van der Waals surface area contributed by atoms with Crippen molar-refractivity contribution in [1.82, 2.24) is 9.80 Å². The number of carbonyl (C=O) groups excluding carboxylic acids is 4. The third-order valence-corrected chi connectivity index (χ3v) is 5.08. The lowest BCUT2D eigenvalue weighted by atomic mass is 10.3. The Balaban J connectivity index is 1.45. The van der Waals surface area contributed by atoms with Crippen molar-refractivity contribution < 1.29 is 28.7 Å². The molecule has 0 bridgehead atoms. The number of anilines is 2. The molecule has 1 aliphatic heterocycles. The fourth-order valence-electron chi connectivity index (χ4n) is 3.44. The number of rotatable bonds is 8. The van der Waals surface area contributed by atoms with E-state index in [4.69, 9.17) is 9.47 Å². The predicted octanol–water partition coefficient (Wildman–Crippen LogP) is 1.73. The van der Waals surface area contributed by atoms with Crippen LogP contribution in [0.3, 0.4) is 0 Å². The zero-order valence-corrected chi connectivity index (χ0v) is 19.2. The Hall–Kier alpha value is -4.08. The van der Waals surface area contributed by atoms with E-state index in [-0.39, 0.29) is 36.8 Å².